The summed E-state index contributed by atoms with van der Waals surface area (Å²) in [6.45, 7) is 3.94. The van der Waals surface area contributed by atoms with Crippen LogP contribution in [0.25, 0.3) is 11.3 Å². The summed E-state index contributed by atoms with van der Waals surface area (Å²) >= 11 is 1.14. The minimum Gasteiger partial charge on any atom is -0.497 e. The number of H-pyrrole nitrogens is 1. The van der Waals surface area contributed by atoms with Crippen LogP contribution in [0, 0.1) is 0 Å². The fourth-order valence-electron chi connectivity index (χ4n) is 1.88. The van der Waals surface area contributed by atoms with Crippen molar-refractivity contribution in [1.82, 2.24) is 20.5 Å². The van der Waals surface area contributed by atoms with Gasteiger partial charge < -0.3 is 10.1 Å². The minimum absolute atomic E-state index is 0.101. The van der Waals surface area contributed by atoms with Crippen molar-refractivity contribution in [3.8, 4) is 17.0 Å². The number of nitrogens with one attached hydrogen (secondary N) is 2. The molecule has 0 aliphatic heterocycles. The summed E-state index contributed by atoms with van der Waals surface area (Å²) in [5, 5.41) is 11.1. The number of aromatic nitrogens is 3. The molecule has 1 atom stereocenters. The molecule has 0 saturated heterocycles. The maximum absolute atomic E-state index is 12.2. The Morgan fingerprint density at radius 3 is 2.62 bits per heavy atom. The second-order valence-electron chi connectivity index (χ2n) is 5.20. The highest BCUT2D eigenvalue weighted by molar-refractivity contribution is 7.99. The van der Waals surface area contributed by atoms with Crippen LogP contribution in [0.2, 0.25) is 0 Å². The molecule has 0 spiro atoms. The van der Waals surface area contributed by atoms with Crippen LogP contribution in [0.4, 0.5) is 0 Å². The van der Waals surface area contributed by atoms with Gasteiger partial charge in [-0.15, -0.1) is 10.2 Å². The van der Waals surface area contributed by atoms with Crippen molar-refractivity contribution in [2.45, 2.75) is 31.5 Å². The fourth-order valence-corrected chi connectivity index (χ4v) is 2.49. The molecule has 7 nitrogen and oxygen atoms in total. The molecule has 1 heterocycles. The molecule has 1 unspecified atom stereocenters. The number of rotatable bonds is 7. The van der Waals surface area contributed by atoms with E-state index < -0.39 is 0 Å². The predicted molar refractivity (Wildman–Crippen MR) is 93.3 cm³/mol. The molecule has 1 aromatic heterocycles. The van der Waals surface area contributed by atoms with Gasteiger partial charge in [-0.05, 0) is 37.6 Å². The topological polar surface area (TPSA) is 97.0 Å². The van der Waals surface area contributed by atoms with Crippen molar-refractivity contribution in [3.63, 3.8) is 0 Å². The molecule has 0 aliphatic carbocycles. The highest BCUT2D eigenvalue weighted by atomic mass is 32.2. The van der Waals surface area contributed by atoms with Gasteiger partial charge in [-0.2, -0.15) is 0 Å². The molecule has 0 radical (unpaired) electrons. The second-order valence-corrected chi connectivity index (χ2v) is 6.17. The monoisotopic (exact) mass is 348 g/mol. The van der Waals surface area contributed by atoms with Crippen LogP contribution in [-0.2, 0) is 4.79 Å². The number of aromatic amines is 1. The maximum Gasteiger partial charge on any atom is 0.278 e. The molecule has 1 amide bonds. The van der Waals surface area contributed by atoms with Gasteiger partial charge in [-0.1, -0.05) is 18.7 Å². The number of thioether (sulfide) groups is 1. The zero-order valence-corrected chi connectivity index (χ0v) is 14.6. The average molecular weight is 348 g/mol. The lowest BCUT2D eigenvalue weighted by Gasteiger charge is -2.10. The molecule has 0 fully saturated rings. The zero-order valence-electron chi connectivity index (χ0n) is 13.8. The maximum atomic E-state index is 12.2. The lowest BCUT2D eigenvalue weighted by atomic mass is 10.1. The molecule has 0 saturated carbocycles. The number of ether oxygens (including phenoxy) is 1. The number of methoxy groups -OCH3 is 1. The molecule has 2 rings (SSSR count). The summed E-state index contributed by atoms with van der Waals surface area (Å²) in [6.07, 6.45) is 0.865. The Kier molecular flexibility index (Phi) is 6.36. The molecular weight excluding hydrogens is 328 g/mol. The van der Waals surface area contributed by atoms with E-state index in [2.05, 4.69) is 20.5 Å². The van der Waals surface area contributed by atoms with Gasteiger partial charge in [0.25, 0.3) is 5.56 Å². The van der Waals surface area contributed by atoms with Gasteiger partial charge in [0.15, 0.2) is 10.9 Å². The number of amides is 1. The van der Waals surface area contributed by atoms with E-state index in [0.29, 0.717) is 16.5 Å². The van der Waals surface area contributed by atoms with E-state index in [0.717, 1.165) is 18.2 Å². The summed E-state index contributed by atoms with van der Waals surface area (Å²) in [5.74, 6) is 0.774. The Bertz CT molecular complexity index is 746. The third-order valence-corrected chi connectivity index (χ3v) is 4.26. The summed E-state index contributed by atoms with van der Waals surface area (Å²) < 4.78 is 5.08. The third kappa shape index (κ3) is 4.82. The molecule has 0 aliphatic rings. The van der Waals surface area contributed by atoms with Gasteiger partial charge in [0.05, 0.1) is 12.9 Å². The van der Waals surface area contributed by atoms with Gasteiger partial charge in [0.1, 0.15) is 5.75 Å². The molecular formula is C16H20N4O3S. The van der Waals surface area contributed by atoms with Crippen LogP contribution in [0.15, 0.2) is 34.2 Å². The Balaban J connectivity index is 2.04. The highest BCUT2D eigenvalue weighted by Crippen LogP contribution is 2.18. The van der Waals surface area contributed by atoms with Crippen LogP contribution < -0.4 is 15.6 Å². The van der Waals surface area contributed by atoms with Gasteiger partial charge in [0.2, 0.25) is 5.91 Å². The van der Waals surface area contributed by atoms with E-state index >= 15 is 0 Å². The number of carbonyl (C=O) groups is 1. The lowest BCUT2D eigenvalue weighted by Crippen LogP contribution is -2.33. The molecule has 2 aromatic rings. The molecule has 1 aromatic carbocycles. The van der Waals surface area contributed by atoms with Crippen LogP contribution in [0.1, 0.15) is 20.3 Å². The first-order chi connectivity index (χ1) is 11.5. The predicted octanol–water partition coefficient (Wildman–Crippen LogP) is 1.85. The smallest absolute Gasteiger partial charge is 0.278 e. The van der Waals surface area contributed by atoms with Crippen molar-refractivity contribution in [2.24, 2.45) is 0 Å². The zero-order chi connectivity index (χ0) is 17.5. The first-order valence-corrected chi connectivity index (χ1v) is 8.55. The molecule has 2 N–H and O–H groups in total. The lowest BCUT2D eigenvalue weighted by molar-refractivity contribution is -0.119. The Morgan fingerprint density at radius 1 is 1.33 bits per heavy atom. The van der Waals surface area contributed by atoms with Crippen molar-refractivity contribution in [3.05, 3.63) is 34.6 Å². The van der Waals surface area contributed by atoms with Gasteiger partial charge >= 0.3 is 0 Å². The summed E-state index contributed by atoms with van der Waals surface area (Å²) in [5.41, 5.74) is 0.529. The molecule has 0 bridgehead atoms. The van der Waals surface area contributed by atoms with E-state index in [-0.39, 0.29) is 29.0 Å². The second kappa shape index (κ2) is 8.49. The van der Waals surface area contributed by atoms with Crippen LogP contribution >= 0.6 is 11.8 Å². The fraction of sp³-hybridized carbons (Fsp3) is 0.375. The summed E-state index contributed by atoms with van der Waals surface area (Å²) in [4.78, 5) is 26.5. The van der Waals surface area contributed by atoms with E-state index in [1.54, 1.807) is 31.4 Å². The summed E-state index contributed by atoms with van der Waals surface area (Å²) in [7, 11) is 1.57. The first kappa shape index (κ1) is 18.0. The van der Waals surface area contributed by atoms with Crippen molar-refractivity contribution < 1.29 is 9.53 Å². The quantitative estimate of drug-likeness (QED) is 0.741. The summed E-state index contributed by atoms with van der Waals surface area (Å²) in [6, 6.07) is 7.10. The highest BCUT2D eigenvalue weighted by Gasteiger charge is 2.11. The number of nitrogens with zero attached hydrogens (tertiary/aromatic N) is 2. The first-order valence-electron chi connectivity index (χ1n) is 7.57. The number of hydrogen-bond donors (Lipinski definition) is 2. The van der Waals surface area contributed by atoms with Crippen LogP contribution in [-0.4, -0.2) is 40.0 Å². The Hall–Kier alpha value is -2.35. The number of hydrogen-bond acceptors (Lipinski definition) is 6. The van der Waals surface area contributed by atoms with E-state index in [4.69, 9.17) is 4.74 Å². The van der Waals surface area contributed by atoms with E-state index in [1.165, 1.54) is 0 Å². The van der Waals surface area contributed by atoms with Gasteiger partial charge in [-0.3, -0.25) is 14.6 Å². The Labute approximate surface area is 144 Å². The number of benzene rings is 1. The van der Waals surface area contributed by atoms with Gasteiger partial charge in [0, 0.05) is 11.6 Å². The van der Waals surface area contributed by atoms with E-state index in [9.17, 15) is 9.59 Å². The SMILES string of the molecule is CCC(C)NC(=O)CSc1nnc(-c2ccc(OC)cc2)c(=O)[nH]1. The largest absolute Gasteiger partial charge is 0.497 e. The average Bonchev–Trinajstić information content (AvgIpc) is 2.60. The third-order valence-electron chi connectivity index (χ3n) is 3.40. The standard InChI is InChI=1S/C16H20N4O3S/c1-4-10(2)17-13(21)9-24-16-18-15(22)14(19-20-16)11-5-7-12(23-3)8-6-11/h5-8,10H,4,9H2,1-3H3,(H,17,21)(H,18,20,22). The van der Waals surface area contributed by atoms with Crippen molar-refractivity contribution in [2.75, 3.05) is 12.9 Å². The Morgan fingerprint density at radius 2 is 2.04 bits per heavy atom. The van der Waals surface area contributed by atoms with Crippen molar-refractivity contribution >= 4 is 17.7 Å². The molecule has 128 valence electrons. The number of carbonyl (C=O) groups excluding carboxylic acids is 1. The van der Waals surface area contributed by atoms with Crippen LogP contribution in [0.3, 0.4) is 0 Å². The van der Waals surface area contributed by atoms with Gasteiger partial charge in [-0.25, -0.2) is 0 Å². The molecule has 24 heavy (non-hydrogen) atoms. The molecule has 8 heteroatoms. The normalized spacial score (nSPS) is 11.8. The minimum atomic E-state index is -0.347. The van der Waals surface area contributed by atoms with Crippen molar-refractivity contribution in [1.29, 1.82) is 0 Å². The van der Waals surface area contributed by atoms with Crippen LogP contribution in [0.5, 0.6) is 5.75 Å². The van der Waals surface area contributed by atoms with E-state index in [1.807, 2.05) is 13.8 Å².